The molecule has 3 heterocycles. The lowest BCUT2D eigenvalue weighted by Gasteiger charge is -2.22. The van der Waals surface area contributed by atoms with Crippen LogP contribution in [0.25, 0.3) is 0 Å². The average Bonchev–Trinajstić information content (AvgIpc) is 2.88. The molecule has 0 bridgehead atoms. The predicted octanol–water partition coefficient (Wildman–Crippen LogP) is 0.356. The van der Waals surface area contributed by atoms with E-state index in [1.807, 2.05) is 0 Å². The Hall–Kier alpha value is -1.18. The number of hydrogen-bond donors (Lipinski definition) is 0. The molecule has 0 aromatic carbocycles. The smallest absolute Gasteiger partial charge is 0.350 e. The number of carbonyl (C=O) groups excluding carboxylic acids is 2. The fourth-order valence-corrected chi connectivity index (χ4v) is 2.59. The molecule has 0 saturated carbocycles. The van der Waals surface area contributed by atoms with Gasteiger partial charge in [-0.1, -0.05) is 13.8 Å². The van der Waals surface area contributed by atoms with Crippen LogP contribution >= 0.6 is 0 Å². The summed E-state index contributed by atoms with van der Waals surface area (Å²) in [6.45, 7) is 6.91. The highest BCUT2D eigenvalue weighted by atomic mass is 16.8. The van der Waals surface area contributed by atoms with E-state index in [1.54, 1.807) is 27.7 Å². The standard InChI is InChI=1S/C13H18O7/c1-5(2)10(14)17-8-6-7(16-11(8)15)9-12(18-6)20-13(3,4)19-9/h5-9,12H,1-4H3. The van der Waals surface area contributed by atoms with Gasteiger partial charge in [-0.25, -0.2) is 4.79 Å². The monoisotopic (exact) mass is 286 g/mol. The van der Waals surface area contributed by atoms with Crippen molar-refractivity contribution in [1.29, 1.82) is 0 Å². The Bertz CT molecular complexity index is 444. The maximum Gasteiger partial charge on any atom is 0.350 e. The summed E-state index contributed by atoms with van der Waals surface area (Å²) in [5.41, 5.74) is 0. The maximum absolute atomic E-state index is 11.8. The highest BCUT2D eigenvalue weighted by molar-refractivity contribution is 5.82. The maximum atomic E-state index is 11.8. The molecule has 3 aliphatic rings. The summed E-state index contributed by atoms with van der Waals surface area (Å²) in [7, 11) is 0. The molecule has 3 rings (SSSR count). The summed E-state index contributed by atoms with van der Waals surface area (Å²) in [6.07, 6.45) is -3.40. The molecule has 0 aromatic heterocycles. The Morgan fingerprint density at radius 3 is 2.55 bits per heavy atom. The molecule has 20 heavy (non-hydrogen) atoms. The zero-order chi connectivity index (χ0) is 14.7. The lowest BCUT2D eigenvalue weighted by molar-refractivity contribution is -0.217. The van der Waals surface area contributed by atoms with Gasteiger partial charge >= 0.3 is 11.9 Å². The van der Waals surface area contributed by atoms with Gasteiger partial charge in [-0.15, -0.1) is 0 Å². The van der Waals surface area contributed by atoms with Crippen LogP contribution in [0.5, 0.6) is 0 Å². The Morgan fingerprint density at radius 1 is 1.20 bits per heavy atom. The fraction of sp³-hybridized carbons (Fsp3) is 0.846. The van der Waals surface area contributed by atoms with Crippen molar-refractivity contribution in [3.63, 3.8) is 0 Å². The van der Waals surface area contributed by atoms with Crippen molar-refractivity contribution in [2.75, 3.05) is 0 Å². The van der Waals surface area contributed by atoms with E-state index in [0.717, 1.165) is 0 Å². The number of hydrogen-bond acceptors (Lipinski definition) is 7. The largest absolute Gasteiger partial charge is 0.454 e. The van der Waals surface area contributed by atoms with Crippen molar-refractivity contribution in [2.24, 2.45) is 5.92 Å². The molecule has 3 aliphatic heterocycles. The van der Waals surface area contributed by atoms with Crippen molar-refractivity contribution in [2.45, 2.75) is 64.2 Å². The Kier molecular flexibility index (Phi) is 3.04. The summed E-state index contributed by atoms with van der Waals surface area (Å²) in [6, 6.07) is 0. The van der Waals surface area contributed by atoms with Crippen molar-refractivity contribution in [3.05, 3.63) is 0 Å². The minimum atomic E-state index is -1.05. The van der Waals surface area contributed by atoms with Gasteiger partial charge in [0.25, 0.3) is 0 Å². The van der Waals surface area contributed by atoms with Crippen molar-refractivity contribution >= 4 is 11.9 Å². The van der Waals surface area contributed by atoms with Crippen LogP contribution in [-0.4, -0.2) is 48.4 Å². The normalized spacial score (nSPS) is 41.5. The van der Waals surface area contributed by atoms with Gasteiger partial charge in [0.15, 0.2) is 24.3 Å². The van der Waals surface area contributed by atoms with E-state index in [9.17, 15) is 9.59 Å². The Balaban J connectivity index is 1.73. The lowest BCUT2D eigenvalue weighted by atomic mass is 10.1. The molecular formula is C13H18O7. The minimum Gasteiger partial charge on any atom is -0.454 e. The van der Waals surface area contributed by atoms with Gasteiger partial charge in [0, 0.05) is 0 Å². The molecule has 0 N–H and O–H groups in total. The highest BCUT2D eigenvalue weighted by Crippen LogP contribution is 2.43. The van der Waals surface area contributed by atoms with Crippen LogP contribution in [0.3, 0.4) is 0 Å². The lowest BCUT2D eigenvalue weighted by Crippen LogP contribution is -2.38. The van der Waals surface area contributed by atoms with E-state index in [1.165, 1.54) is 0 Å². The van der Waals surface area contributed by atoms with Crippen LogP contribution < -0.4 is 0 Å². The molecule has 0 aromatic rings. The number of carbonyl (C=O) groups is 2. The Morgan fingerprint density at radius 2 is 1.90 bits per heavy atom. The minimum absolute atomic E-state index is 0.325. The van der Waals surface area contributed by atoms with Gasteiger partial charge in [0.1, 0.15) is 6.10 Å². The summed E-state index contributed by atoms with van der Waals surface area (Å²) >= 11 is 0. The van der Waals surface area contributed by atoms with Crippen molar-refractivity contribution in [1.82, 2.24) is 0 Å². The predicted molar refractivity (Wildman–Crippen MR) is 63.3 cm³/mol. The molecule has 0 aliphatic carbocycles. The number of fused-ring (bicyclic) bond motifs is 3. The van der Waals surface area contributed by atoms with E-state index < -0.39 is 48.4 Å². The molecule has 0 amide bonds. The molecule has 3 saturated heterocycles. The zero-order valence-corrected chi connectivity index (χ0v) is 11.8. The third kappa shape index (κ3) is 2.10. The Labute approximate surface area is 116 Å². The molecule has 7 heteroatoms. The topological polar surface area (TPSA) is 80.3 Å². The van der Waals surface area contributed by atoms with Gasteiger partial charge < -0.3 is 23.7 Å². The van der Waals surface area contributed by atoms with Crippen LogP contribution in [-0.2, 0) is 33.3 Å². The zero-order valence-electron chi connectivity index (χ0n) is 11.8. The van der Waals surface area contributed by atoms with Crippen LogP contribution in [0.4, 0.5) is 0 Å². The molecule has 0 radical (unpaired) electrons. The van der Waals surface area contributed by atoms with Crippen LogP contribution in [0.1, 0.15) is 27.7 Å². The third-order valence-corrected chi connectivity index (χ3v) is 3.52. The molecule has 7 nitrogen and oxygen atoms in total. The van der Waals surface area contributed by atoms with Gasteiger partial charge in [0.05, 0.1) is 5.92 Å². The molecule has 3 fully saturated rings. The van der Waals surface area contributed by atoms with E-state index >= 15 is 0 Å². The first kappa shape index (κ1) is 13.8. The number of esters is 2. The summed E-state index contributed by atoms with van der Waals surface area (Å²) in [5.74, 6) is -2.16. The molecule has 0 spiro atoms. The quantitative estimate of drug-likeness (QED) is 0.678. The van der Waals surface area contributed by atoms with E-state index in [0.29, 0.717) is 0 Å². The third-order valence-electron chi connectivity index (χ3n) is 3.52. The fourth-order valence-electron chi connectivity index (χ4n) is 2.59. The molecular weight excluding hydrogens is 268 g/mol. The first-order valence-electron chi connectivity index (χ1n) is 6.70. The summed E-state index contributed by atoms with van der Waals surface area (Å²) in [4.78, 5) is 23.5. The van der Waals surface area contributed by atoms with Gasteiger partial charge in [-0.3, -0.25) is 4.79 Å². The second-order valence-corrected chi connectivity index (χ2v) is 5.98. The average molecular weight is 286 g/mol. The van der Waals surface area contributed by atoms with Crippen molar-refractivity contribution in [3.8, 4) is 0 Å². The van der Waals surface area contributed by atoms with Gasteiger partial charge in [-0.05, 0) is 13.8 Å². The van der Waals surface area contributed by atoms with Gasteiger partial charge in [0.2, 0.25) is 6.10 Å². The first-order valence-corrected chi connectivity index (χ1v) is 6.70. The summed E-state index contributed by atoms with van der Waals surface area (Å²) in [5, 5.41) is 0. The number of ether oxygens (including phenoxy) is 5. The highest BCUT2D eigenvalue weighted by Gasteiger charge is 2.64. The SMILES string of the molecule is CC(C)C(=O)OC1C(=O)OC2C3OC(C)(C)OC3OC12. The van der Waals surface area contributed by atoms with E-state index in [2.05, 4.69) is 0 Å². The van der Waals surface area contributed by atoms with Crippen LogP contribution in [0.2, 0.25) is 0 Å². The molecule has 5 unspecified atom stereocenters. The second-order valence-electron chi connectivity index (χ2n) is 5.98. The van der Waals surface area contributed by atoms with Crippen LogP contribution in [0.15, 0.2) is 0 Å². The van der Waals surface area contributed by atoms with Crippen LogP contribution in [0, 0.1) is 5.92 Å². The second kappa shape index (κ2) is 4.41. The van der Waals surface area contributed by atoms with E-state index in [-0.39, 0.29) is 5.92 Å². The first-order chi connectivity index (χ1) is 9.28. The summed E-state index contributed by atoms with van der Waals surface area (Å²) < 4.78 is 27.3. The molecule has 112 valence electrons. The molecule has 5 atom stereocenters. The van der Waals surface area contributed by atoms with Crippen molar-refractivity contribution < 1.29 is 33.3 Å². The van der Waals surface area contributed by atoms with E-state index in [4.69, 9.17) is 23.7 Å². The number of rotatable bonds is 2. The van der Waals surface area contributed by atoms with Gasteiger partial charge in [-0.2, -0.15) is 0 Å².